The Hall–Kier alpha value is -1.03. The zero-order chi connectivity index (χ0) is 11.4. The monoisotopic (exact) mass is 237 g/mol. The number of nitrogens with zero attached hydrogens (tertiary/aromatic N) is 2. The molecule has 2 rings (SSSR count). The zero-order valence-corrected chi connectivity index (χ0v) is 10.5. The molecule has 0 aromatic carbocycles. The van der Waals surface area contributed by atoms with E-state index in [0.717, 1.165) is 12.5 Å². The highest BCUT2D eigenvalue weighted by molar-refractivity contribution is 7.07. The van der Waals surface area contributed by atoms with Crippen LogP contribution in [0.5, 0.6) is 0 Å². The van der Waals surface area contributed by atoms with Gasteiger partial charge in [0.15, 0.2) is 5.96 Å². The molecule has 0 saturated heterocycles. The highest BCUT2D eigenvalue weighted by Gasteiger charge is 2.19. The van der Waals surface area contributed by atoms with Crippen molar-refractivity contribution in [2.24, 2.45) is 16.6 Å². The van der Waals surface area contributed by atoms with E-state index in [4.69, 9.17) is 5.73 Å². The number of guanidine groups is 1. The minimum atomic E-state index is 0.665. The van der Waals surface area contributed by atoms with Gasteiger partial charge in [-0.3, -0.25) is 0 Å². The van der Waals surface area contributed by atoms with Crippen LogP contribution in [0, 0.1) is 5.92 Å². The summed E-state index contributed by atoms with van der Waals surface area (Å²) in [6.07, 6.45) is 4.08. The molecule has 88 valence electrons. The Labute approximate surface area is 101 Å². The molecule has 1 aromatic rings. The summed E-state index contributed by atoms with van der Waals surface area (Å²) in [4.78, 5) is 6.48. The molecule has 1 fully saturated rings. The first-order valence-corrected chi connectivity index (χ1v) is 6.72. The standard InChI is InChI=1S/C12H19N3S/c1-15(8-10-3-2-4-10)12(13)14-7-11-5-6-16-9-11/h5-6,9-10H,2-4,7-8H2,1H3,(H2,13,14). The molecule has 0 atom stereocenters. The molecular formula is C12H19N3S. The van der Waals surface area contributed by atoms with Crippen molar-refractivity contribution < 1.29 is 0 Å². The molecule has 2 N–H and O–H groups in total. The minimum absolute atomic E-state index is 0.665. The Morgan fingerprint density at radius 3 is 3.00 bits per heavy atom. The molecule has 1 aromatic heterocycles. The van der Waals surface area contributed by atoms with E-state index < -0.39 is 0 Å². The van der Waals surface area contributed by atoms with Gasteiger partial charge in [-0.25, -0.2) is 4.99 Å². The number of thiophene rings is 1. The lowest BCUT2D eigenvalue weighted by molar-refractivity contribution is 0.257. The first-order valence-electron chi connectivity index (χ1n) is 5.78. The average molecular weight is 237 g/mol. The van der Waals surface area contributed by atoms with E-state index in [9.17, 15) is 0 Å². The van der Waals surface area contributed by atoms with Crippen molar-refractivity contribution in [3.63, 3.8) is 0 Å². The summed E-state index contributed by atoms with van der Waals surface area (Å²) in [6, 6.07) is 2.09. The van der Waals surface area contributed by atoms with Gasteiger partial charge in [0, 0.05) is 13.6 Å². The maximum atomic E-state index is 5.94. The summed E-state index contributed by atoms with van der Waals surface area (Å²) in [7, 11) is 2.03. The van der Waals surface area contributed by atoms with Gasteiger partial charge in [0.1, 0.15) is 0 Å². The summed E-state index contributed by atoms with van der Waals surface area (Å²) in [5.74, 6) is 1.50. The van der Waals surface area contributed by atoms with Crippen LogP contribution >= 0.6 is 11.3 Å². The van der Waals surface area contributed by atoms with E-state index in [2.05, 4.69) is 26.7 Å². The second-order valence-electron chi connectivity index (χ2n) is 4.48. The predicted molar refractivity (Wildman–Crippen MR) is 69.6 cm³/mol. The van der Waals surface area contributed by atoms with Crippen LogP contribution in [0.15, 0.2) is 21.8 Å². The molecule has 1 aliphatic rings. The Morgan fingerprint density at radius 2 is 2.44 bits per heavy atom. The lowest BCUT2D eigenvalue weighted by Crippen LogP contribution is -2.39. The van der Waals surface area contributed by atoms with Gasteiger partial charge in [-0.05, 0) is 41.1 Å². The van der Waals surface area contributed by atoms with Gasteiger partial charge in [-0.2, -0.15) is 11.3 Å². The molecule has 1 heterocycles. The smallest absolute Gasteiger partial charge is 0.191 e. The lowest BCUT2D eigenvalue weighted by Gasteiger charge is -2.30. The van der Waals surface area contributed by atoms with Gasteiger partial charge >= 0.3 is 0 Å². The molecule has 0 unspecified atom stereocenters. The Morgan fingerprint density at radius 1 is 1.62 bits per heavy atom. The fraction of sp³-hybridized carbons (Fsp3) is 0.583. The molecule has 0 aliphatic heterocycles. The highest BCUT2D eigenvalue weighted by atomic mass is 32.1. The Balaban J connectivity index is 1.80. The van der Waals surface area contributed by atoms with Crippen molar-refractivity contribution >= 4 is 17.3 Å². The van der Waals surface area contributed by atoms with E-state index in [1.807, 2.05) is 7.05 Å². The molecule has 0 radical (unpaired) electrons. The van der Waals surface area contributed by atoms with Crippen LogP contribution in [0.2, 0.25) is 0 Å². The van der Waals surface area contributed by atoms with Crippen molar-refractivity contribution in [2.45, 2.75) is 25.8 Å². The first-order chi connectivity index (χ1) is 7.75. The van der Waals surface area contributed by atoms with E-state index in [-0.39, 0.29) is 0 Å². The molecule has 4 heteroatoms. The van der Waals surface area contributed by atoms with Crippen molar-refractivity contribution in [1.82, 2.24) is 4.90 Å². The van der Waals surface area contributed by atoms with Crippen LogP contribution in [0.4, 0.5) is 0 Å². The number of hydrogen-bond donors (Lipinski definition) is 1. The largest absolute Gasteiger partial charge is 0.370 e. The molecule has 1 aliphatic carbocycles. The molecule has 16 heavy (non-hydrogen) atoms. The number of rotatable bonds is 4. The average Bonchev–Trinajstić information content (AvgIpc) is 2.72. The van der Waals surface area contributed by atoms with Crippen LogP contribution in [0.1, 0.15) is 24.8 Å². The third-order valence-corrected chi connectivity index (χ3v) is 3.88. The van der Waals surface area contributed by atoms with Crippen molar-refractivity contribution in [2.75, 3.05) is 13.6 Å². The van der Waals surface area contributed by atoms with Crippen LogP contribution in [0.25, 0.3) is 0 Å². The second kappa shape index (κ2) is 5.34. The third kappa shape index (κ3) is 2.98. The van der Waals surface area contributed by atoms with E-state index in [0.29, 0.717) is 12.5 Å². The normalized spacial score (nSPS) is 17.2. The summed E-state index contributed by atoms with van der Waals surface area (Å²) < 4.78 is 0. The number of nitrogens with two attached hydrogens (primary N) is 1. The van der Waals surface area contributed by atoms with Crippen molar-refractivity contribution in [3.8, 4) is 0 Å². The van der Waals surface area contributed by atoms with E-state index >= 15 is 0 Å². The Kier molecular flexibility index (Phi) is 3.83. The SMILES string of the molecule is CN(CC1CCC1)C(N)=NCc1ccsc1. The number of aliphatic imine (C=N–C) groups is 1. The Bertz CT molecular complexity index is 341. The second-order valence-corrected chi connectivity index (χ2v) is 5.26. The fourth-order valence-corrected chi connectivity index (χ4v) is 2.49. The quantitative estimate of drug-likeness (QED) is 0.645. The first kappa shape index (κ1) is 11.5. The highest BCUT2D eigenvalue weighted by Crippen LogP contribution is 2.26. The van der Waals surface area contributed by atoms with Crippen LogP contribution < -0.4 is 5.73 Å². The number of hydrogen-bond acceptors (Lipinski definition) is 2. The maximum absolute atomic E-state index is 5.94. The summed E-state index contributed by atoms with van der Waals surface area (Å²) in [6.45, 7) is 1.75. The molecule has 1 saturated carbocycles. The van der Waals surface area contributed by atoms with Gasteiger partial charge in [0.25, 0.3) is 0 Å². The lowest BCUT2D eigenvalue weighted by atomic mass is 9.85. The molecule has 0 amide bonds. The van der Waals surface area contributed by atoms with Crippen molar-refractivity contribution in [3.05, 3.63) is 22.4 Å². The third-order valence-electron chi connectivity index (χ3n) is 3.15. The van der Waals surface area contributed by atoms with E-state index in [1.165, 1.54) is 24.8 Å². The van der Waals surface area contributed by atoms with Crippen LogP contribution in [0.3, 0.4) is 0 Å². The van der Waals surface area contributed by atoms with Gasteiger partial charge in [-0.1, -0.05) is 6.42 Å². The topological polar surface area (TPSA) is 41.6 Å². The maximum Gasteiger partial charge on any atom is 0.191 e. The summed E-state index contributed by atoms with van der Waals surface area (Å²) >= 11 is 1.70. The van der Waals surface area contributed by atoms with Crippen molar-refractivity contribution in [1.29, 1.82) is 0 Å². The van der Waals surface area contributed by atoms with Gasteiger partial charge in [0.05, 0.1) is 6.54 Å². The van der Waals surface area contributed by atoms with Gasteiger partial charge in [0.2, 0.25) is 0 Å². The fourth-order valence-electron chi connectivity index (χ4n) is 1.83. The van der Waals surface area contributed by atoms with E-state index in [1.54, 1.807) is 11.3 Å². The van der Waals surface area contributed by atoms with Crippen LogP contribution in [-0.2, 0) is 6.54 Å². The van der Waals surface area contributed by atoms with Gasteiger partial charge in [-0.15, -0.1) is 0 Å². The molecule has 0 spiro atoms. The van der Waals surface area contributed by atoms with Gasteiger partial charge < -0.3 is 10.6 Å². The molecule has 0 bridgehead atoms. The van der Waals surface area contributed by atoms with Crippen LogP contribution in [-0.4, -0.2) is 24.5 Å². The summed E-state index contributed by atoms with van der Waals surface area (Å²) in [5.41, 5.74) is 7.18. The zero-order valence-electron chi connectivity index (χ0n) is 9.72. The summed E-state index contributed by atoms with van der Waals surface area (Å²) in [5, 5.41) is 4.18. The minimum Gasteiger partial charge on any atom is -0.370 e. The molecular weight excluding hydrogens is 218 g/mol. The molecule has 3 nitrogen and oxygen atoms in total. The predicted octanol–water partition coefficient (Wildman–Crippen LogP) is 2.29.